The van der Waals surface area contributed by atoms with Crippen molar-refractivity contribution in [2.45, 2.75) is 63.7 Å². The van der Waals surface area contributed by atoms with Gasteiger partial charge in [0, 0.05) is 19.6 Å². The third-order valence-corrected chi connectivity index (χ3v) is 5.82. The van der Waals surface area contributed by atoms with E-state index in [1.165, 1.54) is 37.7 Å². The second-order valence-electron chi connectivity index (χ2n) is 7.47. The largest absolute Gasteiger partial charge is 0.486 e. The molecule has 0 N–H and O–H groups in total. The fraction of sp³-hybridized carbons (Fsp3) is 0.700. The van der Waals surface area contributed by atoms with Crippen LogP contribution >= 0.6 is 11.6 Å². The van der Waals surface area contributed by atoms with Crippen molar-refractivity contribution >= 4 is 11.6 Å². The van der Waals surface area contributed by atoms with E-state index in [-0.39, 0.29) is 0 Å². The van der Waals surface area contributed by atoms with Crippen LogP contribution in [0.3, 0.4) is 0 Å². The minimum Gasteiger partial charge on any atom is -0.486 e. The molecular formula is C20H28ClNO3. The number of ether oxygens (including phenoxy) is 3. The second kappa shape index (κ2) is 8.15. The average Bonchev–Trinajstić information content (AvgIpc) is 2.64. The summed E-state index contributed by atoms with van der Waals surface area (Å²) in [6, 6.07) is 4.09. The van der Waals surface area contributed by atoms with Crippen molar-refractivity contribution in [3.63, 3.8) is 0 Å². The van der Waals surface area contributed by atoms with Crippen molar-refractivity contribution in [2.24, 2.45) is 0 Å². The normalized spacial score (nSPS) is 22.9. The standard InChI is InChI=1S/C20H28ClNO3/c21-18-12-15(13-19-20(18)24-11-10-23-19)14-22-8-6-17(7-9-22)25-16-4-2-1-3-5-16/h12-13,16-17H,1-11,14H2. The molecule has 2 aliphatic heterocycles. The van der Waals surface area contributed by atoms with E-state index in [0.29, 0.717) is 36.2 Å². The minimum atomic E-state index is 0.447. The Morgan fingerprint density at radius 1 is 0.960 bits per heavy atom. The Labute approximate surface area is 155 Å². The Bertz CT molecular complexity index is 581. The summed E-state index contributed by atoms with van der Waals surface area (Å²) >= 11 is 6.35. The van der Waals surface area contributed by atoms with Gasteiger partial charge in [-0.3, -0.25) is 4.90 Å². The maximum atomic E-state index is 6.35. The minimum absolute atomic E-state index is 0.447. The van der Waals surface area contributed by atoms with E-state index >= 15 is 0 Å². The number of piperidine rings is 1. The molecule has 0 aromatic heterocycles. The van der Waals surface area contributed by atoms with Gasteiger partial charge in [-0.05, 0) is 43.4 Å². The summed E-state index contributed by atoms with van der Waals surface area (Å²) in [6.45, 7) is 4.25. The number of likely N-dealkylation sites (tertiary alicyclic amines) is 1. The number of hydrogen-bond donors (Lipinski definition) is 0. The van der Waals surface area contributed by atoms with Gasteiger partial charge in [0.25, 0.3) is 0 Å². The van der Waals surface area contributed by atoms with E-state index < -0.39 is 0 Å². The lowest BCUT2D eigenvalue weighted by Gasteiger charge is -2.35. The van der Waals surface area contributed by atoms with E-state index in [1.54, 1.807) is 0 Å². The van der Waals surface area contributed by atoms with Gasteiger partial charge in [-0.15, -0.1) is 0 Å². The first-order valence-corrected chi connectivity index (χ1v) is 10.1. The topological polar surface area (TPSA) is 30.9 Å². The van der Waals surface area contributed by atoms with Crippen molar-refractivity contribution in [3.05, 3.63) is 22.7 Å². The number of rotatable bonds is 4. The zero-order valence-corrected chi connectivity index (χ0v) is 15.6. The predicted molar refractivity (Wildman–Crippen MR) is 98.7 cm³/mol. The van der Waals surface area contributed by atoms with Gasteiger partial charge in [-0.2, -0.15) is 0 Å². The van der Waals surface area contributed by atoms with Gasteiger partial charge in [0.2, 0.25) is 0 Å². The van der Waals surface area contributed by atoms with Gasteiger partial charge in [-0.25, -0.2) is 0 Å². The summed E-state index contributed by atoms with van der Waals surface area (Å²) in [4.78, 5) is 2.49. The zero-order chi connectivity index (χ0) is 17.1. The maximum Gasteiger partial charge on any atom is 0.179 e. The van der Waals surface area contributed by atoms with Crippen LogP contribution in [0.15, 0.2) is 12.1 Å². The van der Waals surface area contributed by atoms with Crippen LogP contribution in [0.25, 0.3) is 0 Å². The highest BCUT2D eigenvalue weighted by molar-refractivity contribution is 6.32. The van der Waals surface area contributed by atoms with Crippen LogP contribution in [-0.2, 0) is 11.3 Å². The molecule has 1 saturated heterocycles. The van der Waals surface area contributed by atoms with Crippen LogP contribution in [0.1, 0.15) is 50.5 Å². The Hall–Kier alpha value is -0.970. The van der Waals surface area contributed by atoms with Gasteiger partial charge >= 0.3 is 0 Å². The summed E-state index contributed by atoms with van der Waals surface area (Å²) in [6.07, 6.45) is 9.82. The molecule has 0 unspecified atom stereocenters. The molecule has 0 amide bonds. The molecule has 1 aromatic rings. The summed E-state index contributed by atoms with van der Waals surface area (Å²) in [5.41, 5.74) is 1.20. The molecule has 2 fully saturated rings. The molecule has 1 aliphatic carbocycles. The van der Waals surface area contributed by atoms with Crippen LogP contribution in [0.5, 0.6) is 11.5 Å². The SMILES string of the molecule is Clc1cc(CN2CCC(OC3CCCCC3)CC2)cc2c1OCCO2. The number of nitrogens with zero attached hydrogens (tertiary/aromatic N) is 1. The number of halogens is 1. The third kappa shape index (κ3) is 4.42. The molecule has 0 spiro atoms. The maximum absolute atomic E-state index is 6.35. The van der Waals surface area contributed by atoms with Crippen LogP contribution in [0.4, 0.5) is 0 Å². The predicted octanol–water partition coefficient (Wildman–Crippen LogP) is 4.42. The van der Waals surface area contributed by atoms with Crippen molar-refractivity contribution in [2.75, 3.05) is 26.3 Å². The quantitative estimate of drug-likeness (QED) is 0.790. The van der Waals surface area contributed by atoms with Crippen molar-refractivity contribution in [3.8, 4) is 11.5 Å². The smallest absolute Gasteiger partial charge is 0.179 e. The highest BCUT2D eigenvalue weighted by Crippen LogP contribution is 2.38. The molecule has 0 bridgehead atoms. The lowest BCUT2D eigenvalue weighted by molar-refractivity contribution is -0.0565. The fourth-order valence-corrected chi connectivity index (χ4v) is 4.48. The van der Waals surface area contributed by atoms with E-state index in [2.05, 4.69) is 11.0 Å². The van der Waals surface area contributed by atoms with E-state index in [9.17, 15) is 0 Å². The van der Waals surface area contributed by atoms with E-state index in [1.807, 2.05) is 6.07 Å². The number of benzene rings is 1. The van der Waals surface area contributed by atoms with Crippen molar-refractivity contribution < 1.29 is 14.2 Å². The highest BCUT2D eigenvalue weighted by Gasteiger charge is 2.24. The van der Waals surface area contributed by atoms with Crippen LogP contribution < -0.4 is 9.47 Å². The first-order valence-electron chi connectivity index (χ1n) is 9.74. The molecule has 0 atom stereocenters. The molecule has 2 heterocycles. The van der Waals surface area contributed by atoms with Crippen LogP contribution in [-0.4, -0.2) is 43.4 Å². The Morgan fingerprint density at radius 3 is 2.48 bits per heavy atom. The lowest BCUT2D eigenvalue weighted by atomic mass is 9.97. The molecule has 5 heteroatoms. The Kier molecular flexibility index (Phi) is 5.69. The highest BCUT2D eigenvalue weighted by atomic mass is 35.5. The average molecular weight is 366 g/mol. The molecule has 0 radical (unpaired) electrons. The van der Waals surface area contributed by atoms with Crippen molar-refractivity contribution in [1.29, 1.82) is 0 Å². The summed E-state index contributed by atoms with van der Waals surface area (Å²) in [7, 11) is 0. The first-order chi connectivity index (χ1) is 12.3. The molecule has 1 aromatic carbocycles. The van der Waals surface area contributed by atoms with E-state index in [0.717, 1.165) is 38.2 Å². The molecule has 25 heavy (non-hydrogen) atoms. The molecule has 3 aliphatic rings. The zero-order valence-electron chi connectivity index (χ0n) is 14.8. The van der Waals surface area contributed by atoms with Gasteiger partial charge in [-0.1, -0.05) is 30.9 Å². The summed E-state index contributed by atoms with van der Waals surface area (Å²) in [5.74, 6) is 1.47. The van der Waals surface area contributed by atoms with E-state index in [4.69, 9.17) is 25.8 Å². The summed E-state index contributed by atoms with van der Waals surface area (Å²) < 4.78 is 17.6. The van der Waals surface area contributed by atoms with Crippen LogP contribution in [0.2, 0.25) is 5.02 Å². The number of hydrogen-bond acceptors (Lipinski definition) is 4. The summed E-state index contributed by atoms with van der Waals surface area (Å²) in [5, 5.41) is 0.655. The molecule has 4 rings (SSSR count). The third-order valence-electron chi connectivity index (χ3n) is 5.53. The van der Waals surface area contributed by atoms with Gasteiger partial charge in [0.15, 0.2) is 11.5 Å². The van der Waals surface area contributed by atoms with Crippen molar-refractivity contribution in [1.82, 2.24) is 4.90 Å². The van der Waals surface area contributed by atoms with Gasteiger partial charge < -0.3 is 14.2 Å². The molecule has 4 nitrogen and oxygen atoms in total. The van der Waals surface area contributed by atoms with Gasteiger partial charge in [0.05, 0.1) is 17.2 Å². The lowest BCUT2D eigenvalue weighted by Crippen LogP contribution is -2.38. The van der Waals surface area contributed by atoms with Gasteiger partial charge in [0.1, 0.15) is 13.2 Å². The molecule has 1 saturated carbocycles. The first kappa shape index (κ1) is 17.4. The molecular weight excluding hydrogens is 338 g/mol. The van der Waals surface area contributed by atoms with Crippen LogP contribution in [0, 0.1) is 0 Å². The molecule has 138 valence electrons. The Morgan fingerprint density at radius 2 is 1.68 bits per heavy atom. The fourth-order valence-electron chi connectivity index (χ4n) is 4.19. The number of fused-ring (bicyclic) bond motifs is 1. The monoisotopic (exact) mass is 365 g/mol. The Balaban J connectivity index is 1.29. The second-order valence-corrected chi connectivity index (χ2v) is 7.88.